The Kier molecular flexibility index (Phi) is 9.93. The molecule has 192 valence electrons. The lowest BCUT2D eigenvalue weighted by molar-refractivity contribution is -0.0768. The lowest BCUT2D eigenvalue weighted by Crippen LogP contribution is -2.36. The third-order valence-corrected chi connectivity index (χ3v) is 7.50. The minimum absolute atomic E-state index is 0.0232. The number of hydrogen-bond acceptors (Lipinski definition) is 7. The molecule has 0 unspecified atom stereocenters. The summed E-state index contributed by atoms with van der Waals surface area (Å²) in [6, 6.07) is 23.9. The van der Waals surface area contributed by atoms with E-state index in [0.29, 0.717) is 26.4 Å². The van der Waals surface area contributed by atoms with Crippen LogP contribution in [0.25, 0.3) is 0 Å². The highest BCUT2D eigenvalue weighted by Crippen LogP contribution is 2.33. The number of ether oxygens (including phenoxy) is 6. The number of methoxy groups -OCH3 is 3. The first-order valence-corrected chi connectivity index (χ1v) is 13.0. The molecule has 1 fully saturated rings. The molecule has 3 atom stereocenters. The quantitative estimate of drug-likeness (QED) is 0.300. The zero-order valence-electron chi connectivity index (χ0n) is 21.1. The Morgan fingerprint density at radius 2 is 1.06 bits per heavy atom. The second-order valence-electron chi connectivity index (χ2n) is 8.56. The second kappa shape index (κ2) is 13.6. The molecule has 0 aliphatic carbocycles. The van der Waals surface area contributed by atoms with E-state index in [0.717, 1.165) is 39.7 Å². The Morgan fingerprint density at radius 1 is 0.611 bits per heavy atom. The van der Waals surface area contributed by atoms with Gasteiger partial charge in [0.1, 0.15) is 17.2 Å². The van der Waals surface area contributed by atoms with Crippen LogP contribution in [-0.4, -0.2) is 51.1 Å². The lowest BCUT2D eigenvalue weighted by atomic mass is 10.1. The van der Waals surface area contributed by atoms with Gasteiger partial charge in [-0.2, -0.15) is 11.8 Å². The van der Waals surface area contributed by atoms with Gasteiger partial charge in [-0.05, 0) is 53.1 Å². The van der Waals surface area contributed by atoms with Crippen molar-refractivity contribution in [1.29, 1.82) is 0 Å². The average Bonchev–Trinajstić information content (AvgIpc) is 3.33. The van der Waals surface area contributed by atoms with Gasteiger partial charge in [0.15, 0.2) is 0 Å². The molecule has 0 spiro atoms. The molecule has 36 heavy (non-hydrogen) atoms. The molecule has 0 saturated carbocycles. The van der Waals surface area contributed by atoms with E-state index >= 15 is 0 Å². The summed E-state index contributed by atoms with van der Waals surface area (Å²) in [5.74, 6) is 3.37. The first-order chi connectivity index (χ1) is 17.7. The van der Waals surface area contributed by atoms with Gasteiger partial charge in [0, 0.05) is 5.75 Å². The highest BCUT2D eigenvalue weighted by atomic mass is 32.2. The molecule has 0 radical (unpaired) electrons. The van der Waals surface area contributed by atoms with Crippen molar-refractivity contribution < 1.29 is 28.4 Å². The Balaban J connectivity index is 1.35. The molecular formula is C29H34O6S. The predicted molar refractivity (Wildman–Crippen MR) is 142 cm³/mol. The molecule has 1 heterocycles. The van der Waals surface area contributed by atoms with Gasteiger partial charge in [0.2, 0.25) is 0 Å². The van der Waals surface area contributed by atoms with Crippen molar-refractivity contribution in [3.63, 3.8) is 0 Å². The molecular weight excluding hydrogens is 476 g/mol. The molecule has 3 aromatic carbocycles. The topological polar surface area (TPSA) is 55.4 Å². The zero-order valence-corrected chi connectivity index (χ0v) is 21.9. The second-order valence-corrected chi connectivity index (χ2v) is 9.83. The van der Waals surface area contributed by atoms with Crippen molar-refractivity contribution >= 4 is 11.8 Å². The predicted octanol–water partition coefficient (Wildman–Crippen LogP) is 5.52. The van der Waals surface area contributed by atoms with Crippen LogP contribution in [0.2, 0.25) is 0 Å². The number of thioether (sulfide) groups is 1. The van der Waals surface area contributed by atoms with E-state index in [1.807, 2.05) is 84.6 Å². The molecule has 1 aliphatic rings. The maximum absolute atomic E-state index is 6.44. The maximum atomic E-state index is 6.44. The summed E-state index contributed by atoms with van der Waals surface area (Å²) in [6.07, 6.45) is -0.101. The minimum Gasteiger partial charge on any atom is -0.497 e. The minimum atomic E-state index is -0.0776. The molecule has 4 rings (SSSR count). The van der Waals surface area contributed by atoms with E-state index in [1.54, 1.807) is 21.3 Å². The van der Waals surface area contributed by atoms with Crippen LogP contribution in [0.4, 0.5) is 0 Å². The number of rotatable bonds is 13. The van der Waals surface area contributed by atoms with Crippen molar-refractivity contribution in [2.45, 2.75) is 37.3 Å². The third kappa shape index (κ3) is 7.40. The van der Waals surface area contributed by atoms with E-state index in [1.165, 1.54) is 0 Å². The van der Waals surface area contributed by atoms with Crippen LogP contribution in [-0.2, 0) is 34.0 Å². The van der Waals surface area contributed by atoms with E-state index in [4.69, 9.17) is 28.4 Å². The van der Waals surface area contributed by atoms with Crippen LogP contribution in [0.1, 0.15) is 16.7 Å². The van der Waals surface area contributed by atoms with Crippen LogP contribution in [0, 0.1) is 0 Å². The summed E-state index contributed by atoms with van der Waals surface area (Å²) >= 11 is 1.85. The third-order valence-electron chi connectivity index (χ3n) is 6.14. The van der Waals surface area contributed by atoms with Crippen LogP contribution in [0.3, 0.4) is 0 Å². The summed E-state index contributed by atoms with van der Waals surface area (Å²) < 4.78 is 34.6. The summed E-state index contributed by atoms with van der Waals surface area (Å²) in [5.41, 5.74) is 3.32. The van der Waals surface area contributed by atoms with E-state index in [9.17, 15) is 0 Å². The van der Waals surface area contributed by atoms with Crippen LogP contribution < -0.4 is 14.2 Å². The van der Waals surface area contributed by atoms with Crippen molar-refractivity contribution in [3.8, 4) is 17.2 Å². The molecule has 0 amide bonds. The largest absolute Gasteiger partial charge is 0.497 e. The van der Waals surface area contributed by atoms with Crippen LogP contribution >= 0.6 is 11.8 Å². The van der Waals surface area contributed by atoms with Crippen molar-refractivity contribution in [2.24, 2.45) is 0 Å². The van der Waals surface area contributed by atoms with Gasteiger partial charge in [0.25, 0.3) is 0 Å². The lowest BCUT2D eigenvalue weighted by Gasteiger charge is -2.25. The Hall–Kier alpha value is -2.71. The molecule has 0 N–H and O–H groups in total. The zero-order chi connectivity index (χ0) is 25.2. The fourth-order valence-corrected chi connectivity index (χ4v) is 5.36. The monoisotopic (exact) mass is 510 g/mol. The fraction of sp³-hybridized carbons (Fsp3) is 0.379. The van der Waals surface area contributed by atoms with E-state index in [-0.39, 0.29) is 17.5 Å². The van der Waals surface area contributed by atoms with Gasteiger partial charge in [-0.3, -0.25) is 0 Å². The Morgan fingerprint density at radius 3 is 1.53 bits per heavy atom. The van der Waals surface area contributed by atoms with Crippen LogP contribution in [0.15, 0.2) is 72.8 Å². The smallest absolute Gasteiger partial charge is 0.118 e. The Labute approximate surface area is 217 Å². The SMILES string of the molecule is COc1ccc(COC[C@H]2SC[C@@H](OCc3ccc(OC)cc3)[C@@H]2OCc2ccc(OC)cc2)cc1. The highest BCUT2D eigenvalue weighted by molar-refractivity contribution is 8.00. The molecule has 1 saturated heterocycles. The standard InChI is InChI=1S/C29H34O6S/c1-30-24-10-4-21(5-11-24)16-33-19-28-29(35-18-23-8-14-26(32-3)15-9-23)27(20-36-28)34-17-22-6-12-25(31-2)13-7-22/h4-15,27-29H,16-20H2,1-3H3/t27-,28-,29+/m1/s1. The van der Waals surface area contributed by atoms with Gasteiger partial charge in [0.05, 0.1) is 65.2 Å². The van der Waals surface area contributed by atoms with E-state index < -0.39 is 0 Å². The highest BCUT2D eigenvalue weighted by Gasteiger charge is 2.38. The maximum Gasteiger partial charge on any atom is 0.118 e. The number of benzene rings is 3. The molecule has 7 heteroatoms. The molecule has 0 bridgehead atoms. The van der Waals surface area contributed by atoms with E-state index in [2.05, 4.69) is 0 Å². The first kappa shape index (κ1) is 26.4. The first-order valence-electron chi connectivity index (χ1n) is 12.0. The van der Waals surface area contributed by atoms with Gasteiger partial charge < -0.3 is 28.4 Å². The Bertz CT molecular complexity index is 1040. The molecule has 1 aliphatic heterocycles. The fourth-order valence-electron chi connectivity index (χ4n) is 4.00. The summed E-state index contributed by atoms with van der Waals surface area (Å²) in [6.45, 7) is 2.17. The van der Waals surface area contributed by atoms with Crippen LogP contribution in [0.5, 0.6) is 17.2 Å². The summed E-state index contributed by atoms with van der Waals surface area (Å²) in [5, 5.41) is 0.183. The summed E-state index contributed by atoms with van der Waals surface area (Å²) in [7, 11) is 5.01. The van der Waals surface area contributed by atoms with Crippen molar-refractivity contribution in [2.75, 3.05) is 33.7 Å². The van der Waals surface area contributed by atoms with Crippen molar-refractivity contribution in [1.82, 2.24) is 0 Å². The van der Waals surface area contributed by atoms with Gasteiger partial charge >= 0.3 is 0 Å². The average molecular weight is 511 g/mol. The van der Waals surface area contributed by atoms with Gasteiger partial charge in [-0.25, -0.2) is 0 Å². The van der Waals surface area contributed by atoms with Gasteiger partial charge in [-0.1, -0.05) is 36.4 Å². The molecule has 3 aromatic rings. The molecule has 6 nitrogen and oxygen atoms in total. The van der Waals surface area contributed by atoms with Gasteiger partial charge in [-0.15, -0.1) is 0 Å². The summed E-state index contributed by atoms with van der Waals surface area (Å²) in [4.78, 5) is 0. The van der Waals surface area contributed by atoms with Crippen molar-refractivity contribution in [3.05, 3.63) is 89.5 Å². The normalized spacial score (nSPS) is 19.2. The number of hydrogen-bond donors (Lipinski definition) is 0. The molecule has 0 aromatic heterocycles.